The Balaban J connectivity index is 1.56. The highest BCUT2D eigenvalue weighted by Crippen LogP contribution is 2.50. The van der Waals surface area contributed by atoms with E-state index in [1.54, 1.807) is 4.90 Å². The Morgan fingerprint density at radius 2 is 1.94 bits per heavy atom. The number of likely N-dealkylation sites (tertiary alicyclic amines) is 1. The van der Waals surface area contributed by atoms with Gasteiger partial charge in [-0.2, -0.15) is 13.2 Å². The van der Waals surface area contributed by atoms with Crippen molar-refractivity contribution in [1.29, 1.82) is 0 Å². The molecule has 10 heteroatoms. The molecule has 2 saturated heterocycles. The van der Waals surface area contributed by atoms with Gasteiger partial charge >= 0.3 is 6.18 Å². The number of hydrogen-bond donors (Lipinski definition) is 1. The van der Waals surface area contributed by atoms with Crippen molar-refractivity contribution in [3.8, 4) is 0 Å². The molecule has 31 heavy (non-hydrogen) atoms. The van der Waals surface area contributed by atoms with Crippen LogP contribution in [0.25, 0.3) is 0 Å². The van der Waals surface area contributed by atoms with E-state index >= 15 is 0 Å². The molecule has 2 aliphatic heterocycles. The Bertz CT molecular complexity index is 649. The van der Waals surface area contributed by atoms with Gasteiger partial charge in [0.25, 0.3) is 0 Å². The molecule has 3 aliphatic rings. The van der Waals surface area contributed by atoms with E-state index in [2.05, 4.69) is 5.18 Å². The fourth-order valence-corrected chi connectivity index (χ4v) is 5.42. The topological polar surface area (TPSA) is 88.4 Å². The van der Waals surface area contributed by atoms with Crippen LogP contribution in [0.2, 0.25) is 0 Å². The summed E-state index contributed by atoms with van der Waals surface area (Å²) < 4.78 is 50.5. The summed E-state index contributed by atoms with van der Waals surface area (Å²) in [5.74, 6) is -3.09. The van der Waals surface area contributed by atoms with E-state index < -0.39 is 42.4 Å². The number of carbonyl (C=O) groups excluding carboxylic acids is 1. The summed E-state index contributed by atoms with van der Waals surface area (Å²) in [7, 11) is 1.52. The second-order valence-corrected chi connectivity index (χ2v) is 9.45. The van der Waals surface area contributed by atoms with Crippen LogP contribution in [-0.4, -0.2) is 66.8 Å². The van der Waals surface area contributed by atoms with Crippen molar-refractivity contribution in [2.24, 2.45) is 28.8 Å². The van der Waals surface area contributed by atoms with Crippen molar-refractivity contribution < 1.29 is 32.5 Å². The summed E-state index contributed by atoms with van der Waals surface area (Å²) in [6.45, 7) is 1.62. The molecule has 3 fully saturated rings. The lowest BCUT2D eigenvalue weighted by atomic mass is 9.70. The minimum absolute atomic E-state index is 0.106. The fraction of sp³-hybridized carbons (Fsp3) is 0.952. The molecule has 1 spiro atoms. The van der Waals surface area contributed by atoms with Gasteiger partial charge in [-0.05, 0) is 43.7 Å². The zero-order chi connectivity index (χ0) is 22.9. The average Bonchev–Trinajstić information content (AvgIpc) is 3.11. The SMILES string of the molecule is COC(N=O)(C1CCC1)C1COC2(CCN(C(=O)C(C)CC(CO)C(F)(F)F)CC2)C1. The van der Waals surface area contributed by atoms with Crippen LogP contribution in [0.5, 0.6) is 0 Å². The molecule has 1 saturated carbocycles. The first kappa shape index (κ1) is 24.4. The number of carbonyl (C=O) groups is 1. The Morgan fingerprint density at radius 1 is 1.29 bits per heavy atom. The maximum absolute atomic E-state index is 12.9. The minimum atomic E-state index is -4.52. The standard InChI is InChI=1S/C21H33F3N2O5/c1-14(10-16(12-27)21(22,23)24)18(28)26-8-6-19(7-9-26)11-17(13-31-19)20(25-29,30-2)15-4-3-5-15/h14-17,27H,3-13H2,1-2H3. The molecule has 0 aromatic rings. The molecule has 4 unspecified atom stereocenters. The van der Waals surface area contributed by atoms with Gasteiger partial charge in [0.2, 0.25) is 11.6 Å². The van der Waals surface area contributed by atoms with Crippen molar-refractivity contribution in [2.75, 3.05) is 33.4 Å². The number of nitroso groups, excluding NO2 is 1. The normalized spacial score (nSPS) is 28.1. The van der Waals surface area contributed by atoms with Crippen molar-refractivity contribution in [3.05, 3.63) is 4.91 Å². The summed E-state index contributed by atoms with van der Waals surface area (Å²) in [6.07, 6.45) is -0.315. The first-order valence-corrected chi connectivity index (χ1v) is 11.1. The third kappa shape index (κ3) is 4.75. The van der Waals surface area contributed by atoms with Gasteiger partial charge in [0.1, 0.15) is 0 Å². The molecular weight excluding hydrogens is 417 g/mol. The fourth-order valence-electron chi connectivity index (χ4n) is 5.42. The van der Waals surface area contributed by atoms with Gasteiger partial charge in [-0.25, -0.2) is 0 Å². The second kappa shape index (κ2) is 9.31. The number of methoxy groups -OCH3 is 1. The molecule has 0 radical (unpaired) electrons. The summed E-state index contributed by atoms with van der Waals surface area (Å²) in [4.78, 5) is 26.0. The molecule has 4 atom stereocenters. The maximum Gasteiger partial charge on any atom is 0.394 e. The molecule has 7 nitrogen and oxygen atoms in total. The predicted octanol–water partition coefficient (Wildman–Crippen LogP) is 3.49. The molecule has 178 valence electrons. The number of aliphatic hydroxyl groups is 1. The smallest absolute Gasteiger partial charge is 0.394 e. The number of halogens is 3. The van der Waals surface area contributed by atoms with Crippen LogP contribution in [0.15, 0.2) is 5.18 Å². The van der Waals surface area contributed by atoms with E-state index in [0.717, 1.165) is 19.3 Å². The van der Waals surface area contributed by atoms with Crippen LogP contribution in [0.4, 0.5) is 13.2 Å². The quantitative estimate of drug-likeness (QED) is 0.572. The van der Waals surface area contributed by atoms with E-state index in [1.165, 1.54) is 14.0 Å². The molecular formula is C21H33F3N2O5. The van der Waals surface area contributed by atoms with E-state index in [9.17, 15) is 22.9 Å². The van der Waals surface area contributed by atoms with Crippen molar-refractivity contribution >= 4 is 5.91 Å². The molecule has 0 bridgehead atoms. The van der Waals surface area contributed by atoms with E-state index in [1.807, 2.05) is 0 Å². The minimum Gasteiger partial charge on any atom is -0.396 e. The van der Waals surface area contributed by atoms with E-state index in [0.29, 0.717) is 39.0 Å². The number of nitrogens with zero attached hydrogens (tertiary/aromatic N) is 2. The lowest BCUT2D eigenvalue weighted by molar-refractivity contribution is -0.189. The summed E-state index contributed by atoms with van der Waals surface area (Å²) >= 11 is 0. The number of alkyl halides is 3. The number of aliphatic hydroxyl groups excluding tert-OH is 1. The maximum atomic E-state index is 12.9. The summed E-state index contributed by atoms with van der Waals surface area (Å²) in [5.41, 5.74) is -1.53. The van der Waals surface area contributed by atoms with Crippen molar-refractivity contribution in [3.63, 3.8) is 0 Å². The highest BCUT2D eigenvalue weighted by molar-refractivity contribution is 5.78. The van der Waals surface area contributed by atoms with Crippen LogP contribution in [0.1, 0.15) is 51.9 Å². The summed E-state index contributed by atoms with van der Waals surface area (Å²) in [5, 5.41) is 12.4. The average molecular weight is 450 g/mol. The molecule has 1 N–H and O–H groups in total. The highest BCUT2D eigenvalue weighted by Gasteiger charge is 2.56. The van der Waals surface area contributed by atoms with Gasteiger partial charge in [-0.1, -0.05) is 13.3 Å². The van der Waals surface area contributed by atoms with Gasteiger partial charge < -0.3 is 19.5 Å². The molecule has 1 amide bonds. The first-order chi connectivity index (χ1) is 14.6. The lowest BCUT2D eigenvalue weighted by Gasteiger charge is -2.43. The molecule has 0 aromatic heterocycles. The number of piperidine rings is 1. The monoisotopic (exact) mass is 450 g/mol. The van der Waals surface area contributed by atoms with Crippen LogP contribution < -0.4 is 0 Å². The van der Waals surface area contributed by atoms with Crippen LogP contribution in [-0.2, 0) is 14.3 Å². The van der Waals surface area contributed by atoms with Crippen molar-refractivity contribution in [1.82, 2.24) is 4.90 Å². The highest BCUT2D eigenvalue weighted by atomic mass is 19.4. The number of ether oxygens (including phenoxy) is 2. The van der Waals surface area contributed by atoms with Crippen LogP contribution in [0.3, 0.4) is 0 Å². The number of hydrogen-bond acceptors (Lipinski definition) is 6. The molecule has 0 aromatic carbocycles. The van der Waals surface area contributed by atoms with Crippen LogP contribution >= 0.6 is 0 Å². The lowest BCUT2D eigenvalue weighted by Crippen LogP contribution is -2.50. The predicted molar refractivity (Wildman–Crippen MR) is 106 cm³/mol. The van der Waals surface area contributed by atoms with Gasteiger partial charge in [-0.3, -0.25) is 4.79 Å². The zero-order valence-electron chi connectivity index (χ0n) is 18.2. The first-order valence-electron chi connectivity index (χ1n) is 11.1. The number of amides is 1. The Labute approximate surface area is 180 Å². The van der Waals surface area contributed by atoms with Gasteiger partial charge in [0.15, 0.2) is 0 Å². The van der Waals surface area contributed by atoms with Gasteiger partial charge in [0.05, 0.1) is 24.7 Å². The largest absolute Gasteiger partial charge is 0.396 e. The molecule has 2 heterocycles. The van der Waals surface area contributed by atoms with Gasteiger partial charge in [-0.15, -0.1) is 4.91 Å². The third-order valence-electron chi connectivity index (χ3n) is 7.68. The zero-order valence-corrected chi connectivity index (χ0v) is 18.2. The Kier molecular flexibility index (Phi) is 7.32. The summed E-state index contributed by atoms with van der Waals surface area (Å²) in [6, 6.07) is 0. The molecule has 1 aliphatic carbocycles. The van der Waals surface area contributed by atoms with Crippen LogP contribution in [0, 0.1) is 28.6 Å². The Hall–Kier alpha value is -1.26. The number of rotatable bonds is 8. The van der Waals surface area contributed by atoms with E-state index in [-0.39, 0.29) is 17.7 Å². The second-order valence-electron chi connectivity index (χ2n) is 9.45. The third-order valence-corrected chi connectivity index (χ3v) is 7.68. The van der Waals surface area contributed by atoms with Gasteiger partial charge in [0, 0.05) is 38.0 Å². The van der Waals surface area contributed by atoms with E-state index in [4.69, 9.17) is 14.6 Å². The molecule has 3 rings (SSSR count). The Morgan fingerprint density at radius 3 is 2.39 bits per heavy atom. The van der Waals surface area contributed by atoms with Crippen molar-refractivity contribution in [2.45, 2.75) is 69.4 Å².